The SMILES string of the molecule is CC(C)(C)NC(=O)N1CCc2c(-c3cccc(-n4cccn4)c3)ccc(CCC(=O)C3C[C@H]3c3ccccc3)c2C1. The number of carbonyl (C=O) groups excluding carboxylic acids is 2. The van der Waals surface area contributed by atoms with E-state index in [-0.39, 0.29) is 17.5 Å². The summed E-state index contributed by atoms with van der Waals surface area (Å²) in [4.78, 5) is 28.3. The van der Waals surface area contributed by atoms with Gasteiger partial charge in [0.25, 0.3) is 0 Å². The van der Waals surface area contributed by atoms with Gasteiger partial charge in [-0.15, -0.1) is 0 Å². The topological polar surface area (TPSA) is 67.2 Å². The molecule has 4 aromatic rings. The quantitative estimate of drug-likeness (QED) is 0.280. The van der Waals surface area contributed by atoms with Crippen molar-refractivity contribution >= 4 is 11.8 Å². The Kier molecular flexibility index (Phi) is 7.24. The van der Waals surface area contributed by atoms with E-state index in [9.17, 15) is 9.59 Å². The van der Waals surface area contributed by atoms with Gasteiger partial charge in [-0.25, -0.2) is 9.48 Å². The van der Waals surface area contributed by atoms with Crippen molar-refractivity contribution in [3.05, 3.63) is 107 Å². The van der Waals surface area contributed by atoms with Gasteiger partial charge in [-0.3, -0.25) is 4.79 Å². The van der Waals surface area contributed by atoms with E-state index in [2.05, 4.69) is 71.1 Å². The van der Waals surface area contributed by atoms with Gasteiger partial charge in [-0.05, 0) is 97.5 Å². The largest absolute Gasteiger partial charge is 0.333 e. The Balaban J connectivity index is 1.27. The van der Waals surface area contributed by atoms with Crippen LogP contribution in [0.2, 0.25) is 0 Å². The van der Waals surface area contributed by atoms with Crippen molar-refractivity contribution in [2.24, 2.45) is 5.92 Å². The molecule has 41 heavy (non-hydrogen) atoms. The van der Waals surface area contributed by atoms with Crippen LogP contribution in [0.5, 0.6) is 0 Å². The number of aryl methyl sites for hydroxylation is 1. The van der Waals surface area contributed by atoms with Crippen molar-refractivity contribution in [1.82, 2.24) is 20.0 Å². The molecule has 2 amide bonds. The first kappa shape index (κ1) is 27.0. The summed E-state index contributed by atoms with van der Waals surface area (Å²) in [6.07, 6.45) is 6.68. The maximum absolute atomic E-state index is 13.2. The third-order valence-corrected chi connectivity index (χ3v) is 8.28. The molecular formula is C35H38N4O2. The van der Waals surface area contributed by atoms with Crippen molar-refractivity contribution in [3.8, 4) is 16.8 Å². The zero-order valence-electron chi connectivity index (χ0n) is 24.1. The number of rotatable bonds is 7. The fourth-order valence-electron chi connectivity index (χ4n) is 6.12. The maximum Gasteiger partial charge on any atom is 0.318 e. The van der Waals surface area contributed by atoms with Crippen LogP contribution in [0, 0.1) is 5.92 Å². The zero-order chi connectivity index (χ0) is 28.6. The summed E-state index contributed by atoms with van der Waals surface area (Å²) in [6, 6.07) is 25.1. The Bertz CT molecular complexity index is 1550. The van der Waals surface area contributed by atoms with Gasteiger partial charge >= 0.3 is 6.03 Å². The van der Waals surface area contributed by atoms with E-state index in [1.807, 2.05) is 48.7 Å². The van der Waals surface area contributed by atoms with Crippen LogP contribution in [0.4, 0.5) is 4.79 Å². The molecule has 3 aromatic carbocycles. The molecule has 0 radical (unpaired) electrons. The Labute approximate surface area is 242 Å². The van der Waals surface area contributed by atoms with Gasteiger partial charge in [0.05, 0.1) is 5.69 Å². The number of aromatic nitrogens is 2. The molecule has 1 unspecified atom stereocenters. The van der Waals surface area contributed by atoms with Gasteiger partial charge in [-0.1, -0.05) is 54.6 Å². The number of nitrogens with zero attached hydrogens (tertiary/aromatic N) is 3. The van der Waals surface area contributed by atoms with Crippen LogP contribution < -0.4 is 5.32 Å². The molecule has 1 N–H and O–H groups in total. The van der Waals surface area contributed by atoms with Crippen molar-refractivity contribution in [1.29, 1.82) is 0 Å². The average Bonchev–Trinajstić information content (AvgIpc) is 3.59. The molecule has 1 fully saturated rings. The molecule has 0 bridgehead atoms. The van der Waals surface area contributed by atoms with Crippen LogP contribution in [0.1, 0.15) is 61.8 Å². The number of ketones is 1. The highest BCUT2D eigenvalue weighted by Crippen LogP contribution is 2.48. The molecule has 1 aromatic heterocycles. The lowest BCUT2D eigenvalue weighted by atomic mass is 9.86. The molecule has 6 rings (SSSR count). The normalized spacial score (nSPS) is 18.1. The van der Waals surface area contributed by atoms with Crippen LogP contribution in [-0.2, 0) is 24.2 Å². The Morgan fingerprint density at radius 1 is 0.976 bits per heavy atom. The van der Waals surface area contributed by atoms with Crippen LogP contribution in [0.3, 0.4) is 0 Å². The summed E-state index contributed by atoms with van der Waals surface area (Å²) in [5.41, 5.74) is 7.93. The highest BCUT2D eigenvalue weighted by atomic mass is 16.2. The molecule has 1 aliphatic heterocycles. The van der Waals surface area contributed by atoms with Crippen LogP contribution in [0.15, 0.2) is 85.2 Å². The molecule has 2 heterocycles. The van der Waals surface area contributed by atoms with Crippen molar-refractivity contribution in [2.75, 3.05) is 6.54 Å². The van der Waals surface area contributed by atoms with Crippen molar-refractivity contribution < 1.29 is 9.59 Å². The molecule has 1 aliphatic carbocycles. The average molecular weight is 547 g/mol. The fourth-order valence-corrected chi connectivity index (χ4v) is 6.12. The second-order valence-electron chi connectivity index (χ2n) is 12.4. The highest BCUT2D eigenvalue weighted by molar-refractivity contribution is 5.85. The number of hydrogen-bond acceptors (Lipinski definition) is 3. The predicted octanol–water partition coefficient (Wildman–Crippen LogP) is 6.71. The molecule has 6 nitrogen and oxygen atoms in total. The number of amides is 2. The summed E-state index contributed by atoms with van der Waals surface area (Å²) in [7, 11) is 0. The number of hydrogen-bond donors (Lipinski definition) is 1. The molecule has 2 atom stereocenters. The van der Waals surface area contributed by atoms with Crippen LogP contribution in [0.25, 0.3) is 16.8 Å². The van der Waals surface area contributed by atoms with Gasteiger partial charge in [0, 0.05) is 43.4 Å². The van der Waals surface area contributed by atoms with E-state index in [0.717, 1.165) is 24.1 Å². The minimum atomic E-state index is -0.305. The smallest absolute Gasteiger partial charge is 0.318 e. The predicted molar refractivity (Wildman–Crippen MR) is 162 cm³/mol. The summed E-state index contributed by atoms with van der Waals surface area (Å²) < 4.78 is 1.87. The van der Waals surface area contributed by atoms with E-state index >= 15 is 0 Å². The number of Topliss-reactive ketones (excluding diaryl/α,β-unsaturated/α-hetero) is 1. The van der Waals surface area contributed by atoms with Gasteiger partial charge in [0.1, 0.15) is 5.78 Å². The minimum Gasteiger partial charge on any atom is -0.333 e. The third-order valence-electron chi connectivity index (χ3n) is 8.28. The molecular weight excluding hydrogens is 508 g/mol. The maximum atomic E-state index is 13.2. The Morgan fingerprint density at radius 3 is 2.56 bits per heavy atom. The monoisotopic (exact) mass is 546 g/mol. The lowest BCUT2D eigenvalue weighted by molar-refractivity contribution is -0.120. The lowest BCUT2D eigenvalue weighted by Gasteiger charge is -2.34. The first-order valence-corrected chi connectivity index (χ1v) is 14.7. The number of urea groups is 1. The van der Waals surface area contributed by atoms with E-state index in [0.29, 0.717) is 37.6 Å². The number of carbonyl (C=O) groups is 2. The van der Waals surface area contributed by atoms with E-state index in [1.54, 1.807) is 6.20 Å². The summed E-state index contributed by atoms with van der Waals surface area (Å²) in [5.74, 6) is 0.840. The summed E-state index contributed by atoms with van der Waals surface area (Å²) in [5, 5.41) is 7.53. The van der Waals surface area contributed by atoms with Crippen LogP contribution >= 0.6 is 0 Å². The van der Waals surface area contributed by atoms with E-state index < -0.39 is 0 Å². The zero-order valence-corrected chi connectivity index (χ0v) is 24.1. The summed E-state index contributed by atoms with van der Waals surface area (Å²) >= 11 is 0. The van der Waals surface area contributed by atoms with Crippen LogP contribution in [-0.4, -0.2) is 38.6 Å². The fraction of sp³-hybridized carbons (Fsp3) is 0.343. The molecule has 210 valence electrons. The highest BCUT2D eigenvalue weighted by Gasteiger charge is 2.43. The Hall–Kier alpha value is -4.19. The summed E-state index contributed by atoms with van der Waals surface area (Å²) in [6.45, 7) is 7.22. The van der Waals surface area contributed by atoms with Gasteiger partial charge < -0.3 is 10.2 Å². The first-order valence-electron chi connectivity index (χ1n) is 14.7. The number of benzene rings is 3. The number of fused-ring (bicyclic) bond motifs is 1. The van der Waals surface area contributed by atoms with Crippen molar-refractivity contribution in [2.45, 2.75) is 64.5 Å². The van der Waals surface area contributed by atoms with E-state index in [1.165, 1.54) is 27.8 Å². The molecule has 0 saturated heterocycles. The first-order chi connectivity index (χ1) is 19.8. The standard InChI is InChI=1S/C35H38N4O2/c1-35(2,3)37-34(41)38-20-17-29-28(26-11-7-12-27(21-26)39-19-8-18-36-39)15-13-25(32(29)23-38)14-16-33(40)31-22-30(31)24-9-5-4-6-10-24/h4-13,15,18-19,21,30-31H,14,16-17,20,22-23H2,1-3H3,(H,37,41)/t30-,31?/m0/s1. The second-order valence-corrected chi connectivity index (χ2v) is 12.4. The minimum absolute atomic E-state index is 0.0417. The van der Waals surface area contributed by atoms with Gasteiger partial charge in [0.2, 0.25) is 0 Å². The molecule has 0 spiro atoms. The van der Waals surface area contributed by atoms with Gasteiger partial charge in [-0.2, -0.15) is 5.10 Å². The third kappa shape index (κ3) is 5.97. The van der Waals surface area contributed by atoms with E-state index in [4.69, 9.17) is 0 Å². The Morgan fingerprint density at radius 2 is 1.80 bits per heavy atom. The molecule has 6 heteroatoms. The van der Waals surface area contributed by atoms with Gasteiger partial charge in [0.15, 0.2) is 0 Å². The number of nitrogens with one attached hydrogen (secondary N) is 1. The molecule has 1 saturated carbocycles. The second kappa shape index (κ2) is 11.0. The molecule has 2 aliphatic rings. The lowest BCUT2D eigenvalue weighted by Crippen LogP contribution is -2.50. The van der Waals surface area contributed by atoms with Crippen molar-refractivity contribution in [3.63, 3.8) is 0 Å².